The minimum absolute atomic E-state index is 0.141. The van der Waals surface area contributed by atoms with Crippen LogP contribution in [-0.4, -0.2) is 67.0 Å². The molecule has 1 aliphatic rings. The molecule has 0 bridgehead atoms. The number of H-pyrrole nitrogens is 1. The van der Waals surface area contributed by atoms with Crippen LogP contribution in [0.4, 0.5) is 0 Å². The maximum atomic E-state index is 13.1. The number of Topliss-reactive ketones (excluding diaryl/α,β-unsaturated/α-hetero) is 1. The van der Waals surface area contributed by atoms with Crippen LogP contribution in [-0.2, 0) is 4.79 Å². The van der Waals surface area contributed by atoms with E-state index in [1.54, 1.807) is 53.3 Å². The third kappa shape index (κ3) is 3.70. The first-order valence-corrected chi connectivity index (χ1v) is 11.0. The number of nitrogens with zero attached hydrogens (tertiary/aromatic N) is 5. The van der Waals surface area contributed by atoms with Gasteiger partial charge in [-0.25, -0.2) is 0 Å². The molecule has 1 fully saturated rings. The lowest BCUT2D eigenvalue weighted by Gasteiger charge is -2.35. The van der Waals surface area contributed by atoms with Crippen molar-refractivity contribution >= 4 is 39.8 Å². The van der Waals surface area contributed by atoms with Gasteiger partial charge in [-0.3, -0.25) is 29.3 Å². The average Bonchev–Trinajstić information content (AvgIpc) is 3.53. The summed E-state index contributed by atoms with van der Waals surface area (Å²) in [6.07, 6.45) is 6.39. The molecule has 0 aliphatic carbocycles. The Balaban J connectivity index is 1.35. The molecule has 0 spiro atoms. The molecule has 9 nitrogen and oxygen atoms in total. The predicted octanol–water partition coefficient (Wildman–Crippen LogP) is 2.76. The number of hydrogen-bond acceptors (Lipinski definition) is 7. The Labute approximate surface area is 192 Å². The quantitative estimate of drug-likeness (QED) is 0.372. The Kier molecular flexibility index (Phi) is 5.27. The number of aromatic nitrogens is 4. The maximum absolute atomic E-state index is 13.1. The lowest BCUT2D eigenvalue weighted by atomic mass is 10.1. The van der Waals surface area contributed by atoms with Crippen LogP contribution in [0.3, 0.4) is 0 Å². The molecular formula is C23H18N6O3S. The number of carbonyl (C=O) groups excluding carboxylic acids is 3. The predicted molar refractivity (Wildman–Crippen MR) is 123 cm³/mol. The van der Waals surface area contributed by atoms with Gasteiger partial charge in [0.1, 0.15) is 11.4 Å². The van der Waals surface area contributed by atoms with Gasteiger partial charge >= 0.3 is 0 Å². The maximum Gasteiger partial charge on any atom is 0.299 e. The Morgan fingerprint density at radius 3 is 2.70 bits per heavy atom. The monoisotopic (exact) mass is 458 g/mol. The van der Waals surface area contributed by atoms with E-state index < -0.39 is 11.7 Å². The zero-order chi connectivity index (χ0) is 22.9. The first kappa shape index (κ1) is 20.7. The SMILES string of the molecule is C=C1CN(C(=O)c2ccccn2)CCN1C(=O)C(=O)c1c[nH]c2c(-c3cncs3)nccc12. The number of pyridine rings is 2. The molecular weight excluding hydrogens is 440 g/mol. The summed E-state index contributed by atoms with van der Waals surface area (Å²) in [5.74, 6) is -1.56. The summed E-state index contributed by atoms with van der Waals surface area (Å²) < 4.78 is 0. The zero-order valence-corrected chi connectivity index (χ0v) is 18.2. The molecule has 5 rings (SSSR count). The van der Waals surface area contributed by atoms with Crippen LogP contribution in [0.1, 0.15) is 20.8 Å². The van der Waals surface area contributed by atoms with Crippen molar-refractivity contribution in [3.8, 4) is 10.6 Å². The first-order chi connectivity index (χ1) is 16.0. The van der Waals surface area contributed by atoms with Crippen molar-refractivity contribution < 1.29 is 14.4 Å². The van der Waals surface area contributed by atoms with Crippen LogP contribution in [0.25, 0.3) is 21.5 Å². The molecule has 10 heteroatoms. The lowest BCUT2D eigenvalue weighted by Crippen LogP contribution is -2.50. The molecule has 0 unspecified atom stereocenters. The molecule has 0 aromatic carbocycles. The van der Waals surface area contributed by atoms with E-state index in [0.29, 0.717) is 28.0 Å². The molecule has 4 aromatic heterocycles. The number of amides is 2. The van der Waals surface area contributed by atoms with Gasteiger partial charge in [0.25, 0.3) is 17.6 Å². The van der Waals surface area contributed by atoms with E-state index in [9.17, 15) is 14.4 Å². The second-order valence-corrected chi connectivity index (χ2v) is 8.33. The molecule has 33 heavy (non-hydrogen) atoms. The van der Waals surface area contributed by atoms with Gasteiger partial charge < -0.3 is 14.8 Å². The molecule has 1 saturated heterocycles. The van der Waals surface area contributed by atoms with Crippen molar-refractivity contribution in [3.63, 3.8) is 0 Å². The molecule has 0 radical (unpaired) electrons. The van der Waals surface area contributed by atoms with Crippen LogP contribution in [0, 0.1) is 0 Å². The highest BCUT2D eigenvalue weighted by molar-refractivity contribution is 7.13. The van der Waals surface area contributed by atoms with E-state index in [0.717, 1.165) is 4.88 Å². The summed E-state index contributed by atoms with van der Waals surface area (Å²) in [6.45, 7) is 4.53. The summed E-state index contributed by atoms with van der Waals surface area (Å²) in [4.78, 5) is 58.3. The minimum atomic E-state index is -0.679. The van der Waals surface area contributed by atoms with Crippen LogP contribution >= 0.6 is 11.3 Å². The number of hydrogen-bond donors (Lipinski definition) is 1. The van der Waals surface area contributed by atoms with E-state index in [2.05, 4.69) is 26.5 Å². The fourth-order valence-corrected chi connectivity index (χ4v) is 4.46. The number of thiazole rings is 1. The average molecular weight is 459 g/mol. The van der Waals surface area contributed by atoms with Gasteiger partial charge in [-0.2, -0.15) is 0 Å². The van der Waals surface area contributed by atoms with Gasteiger partial charge in [0.2, 0.25) is 0 Å². The highest BCUT2D eigenvalue weighted by Crippen LogP contribution is 2.30. The van der Waals surface area contributed by atoms with E-state index >= 15 is 0 Å². The van der Waals surface area contributed by atoms with E-state index in [1.807, 2.05) is 0 Å². The van der Waals surface area contributed by atoms with Crippen LogP contribution in [0.2, 0.25) is 0 Å². The zero-order valence-electron chi connectivity index (χ0n) is 17.4. The van der Waals surface area contributed by atoms with Crippen LogP contribution in [0.15, 0.2) is 66.8 Å². The topological polar surface area (TPSA) is 112 Å². The molecule has 1 N–H and O–H groups in total. The largest absolute Gasteiger partial charge is 0.359 e. The number of fused-ring (bicyclic) bond motifs is 1. The van der Waals surface area contributed by atoms with Gasteiger partial charge in [-0.15, -0.1) is 11.3 Å². The van der Waals surface area contributed by atoms with Crippen molar-refractivity contribution in [1.29, 1.82) is 0 Å². The summed E-state index contributed by atoms with van der Waals surface area (Å²) >= 11 is 1.44. The Hall–Kier alpha value is -4.18. The highest BCUT2D eigenvalue weighted by Gasteiger charge is 2.32. The van der Waals surface area contributed by atoms with Gasteiger partial charge in [0, 0.05) is 49.0 Å². The molecule has 0 atom stereocenters. The van der Waals surface area contributed by atoms with Crippen LogP contribution < -0.4 is 0 Å². The first-order valence-electron chi connectivity index (χ1n) is 10.1. The summed E-state index contributed by atoms with van der Waals surface area (Å²) in [5, 5.41) is 0.612. The fraction of sp³-hybridized carbons (Fsp3) is 0.130. The Bertz CT molecular complexity index is 1380. The smallest absolute Gasteiger partial charge is 0.299 e. The third-order valence-corrected chi connectivity index (χ3v) is 6.25. The fourth-order valence-electron chi connectivity index (χ4n) is 3.83. The standard InChI is InChI=1S/C23H18N6O3S/c1-14-12-28(22(31)17-4-2-3-6-25-17)8-9-29(14)23(32)21(30)16-10-27-19-15(16)5-7-26-20(19)18-11-24-13-33-18/h2-7,10-11,13,27H,1,8-9,12H2. The molecule has 5 heterocycles. The van der Waals surface area contributed by atoms with Crippen molar-refractivity contribution in [2.24, 2.45) is 0 Å². The summed E-state index contributed by atoms with van der Waals surface area (Å²) in [5.41, 5.74) is 4.03. The van der Waals surface area contributed by atoms with Crippen molar-refractivity contribution in [1.82, 2.24) is 29.7 Å². The van der Waals surface area contributed by atoms with Crippen LogP contribution in [0.5, 0.6) is 0 Å². The highest BCUT2D eigenvalue weighted by atomic mass is 32.1. The molecule has 2 amide bonds. The van der Waals surface area contributed by atoms with E-state index in [4.69, 9.17) is 0 Å². The van der Waals surface area contributed by atoms with Gasteiger partial charge in [0.15, 0.2) is 0 Å². The van der Waals surface area contributed by atoms with Crippen molar-refractivity contribution in [2.45, 2.75) is 0 Å². The third-order valence-electron chi connectivity index (χ3n) is 5.47. The lowest BCUT2D eigenvalue weighted by molar-refractivity contribution is -0.125. The number of carbonyl (C=O) groups is 3. The van der Waals surface area contributed by atoms with Gasteiger partial charge in [-0.1, -0.05) is 12.6 Å². The Morgan fingerprint density at radius 1 is 1.09 bits per heavy atom. The number of aromatic amines is 1. The molecule has 164 valence electrons. The molecule has 0 saturated carbocycles. The summed E-state index contributed by atoms with van der Waals surface area (Å²) in [7, 11) is 0. The number of piperazine rings is 1. The second kappa shape index (κ2) is 8.40. The number of nitrogens with one attached hydrogen (secondary N) is 1. The number of ketones is 1. The minimum Gasteiger partial charge on any atom is -0.359 e. The summed E-state index contributed by atoms with van der Waals surface area (Å²) in [6, 6.07) is 6.82. The normalized spacial score (nSPS) is 14.0. The molecule has 4 aromatic rings. The van der Waals surface area contributed by atoms with E-state index in [-0.39, 0.29) is 31.1 Å². The van der Waals surface area contributed by atoms with Gasteiger partial charge in [0.05, 0.1) is 28.0 Å². The van der Waals surface area contributed by atoms with E-state index in [1.165, 1.54) is 22.4 Å². The molecule has 1 aliphatic heterocycles. The van der Waals surface area contributed by atoms with Crippen molar-refractivity contribution in [3.05, 3.63) is 78.1 Å². The number of rotatable bonds is 4. The van der Waals surface area contributed by atoms with Crippen molar-refractivity contribution in [2.75, 3.05) is 19.6 Å². The van der Waals surface area contributed by atoms with Gasteiger partial charge in [-0.05, 0) is 18.2 Å². The second-order valence-electron chi connectivity index (χ2n) is 7.44. The Morgan fingerprint density at radius 2 is 1.97 bits per heavy atom.